The highest BCUT2D eigenvalue weighted by Crippen LogP contribution is 2.32. The summed E-state index contributed by atoms with van der Waals surface area (Å²) in [4.78, 5) is 4.60. The highest BCUT2D eigenvalue weighted by atomic mass is 32.1. The predicted molar refractivity (Wildman–Crippen MR) is 107 cm³/mol. The Bertz CT molecular complexity index is 871. The van der Waals surface area contributed by atoms with Crippen LogP contribution in [0.5, 0.6) is 11.5 Å². The van der Waals surface area contributed by atoms with Crippen molar-refractivity contribution in [3.8, 4) is 17.6 Å². The van der Waals surface area contributed by atoms with E-state index < -0.39 is 0 Å². The molecule has 1 fully saturated rings. The minimum atomic E-state index is 0.307. The molecule has 2 aromatic rings. The number of rotatable bonds is 3. The SMILES string of the molecule is N#Cc1ccc(NC(=S)N2CCN(Cc3ccc4c(c3)OCO4)CC2)cc1. The van der Waals surface area contributed by atoms with E-state index in [2.05, 4.69) is 33.3 Å². The predicted octanol–water partition coefficient (Wildman–Crippen LogP) is 2.80. The molecule has 0 spiro atoms. The number of hydrogen-bond acceptors (Lipinski definition) is 5. The van der Waals surface area contributed by atoms with E-state index in [0.29, 0.717) is 12.4 Å². The number of ether oxygens (including phenoxy) is 2. The molecule has 1 saturated heterocycles. The number of nitrogens with one attached hydrogen (secondary N) is 1. The summed E-state index contributed by atoms with van der Waals surface area (Å²) in [6.07, 6.45) is 0. The summed E-state index contributed by atoms with van der Waals surface area (Å²) >= 11 is 5.54. The zero-order valence-corrected chi connectivity index (χ0v) is 15.7. The maximum atomic E-state index is 8.87. The molecular weight excluding hydrogens is 360 g/mol. The Labute approximate surface area is 163 Å². The lowest BCUT2D eigenvalue weighted by atomic mass is 10.1. The van der Waals surface area contributed by atoms with Crippen LogP contribution in [-0.4, -0.2) is 47.9 Å². The van der Waals surface area contributed by atoms with E-state index in [-0.39, 0.29) is 0 Å². The molecule has 6 nitrogen and oxygen atoms in total. The van der Waals surface area contributed by atoms with E-state index in [1.165, 1.54) is 5.56 Å². The van der Waals surface area contributed by atoms with Gasteiger partial charge < -0.3 is 19.7 Å². The molecule has 0 unspecified atom stereocenters. The van der Waals surface area contributed by atoms with Gasteiger partial charge in [0.15, 0.2) is 16.6 Å². The second-order valence-electron chi connectivity index (χ2n) is 6.57. The molecule has 0 aromatic heterocycles. The molecule has 27 heavy (non-hydrogen) atoms. The Morgan fingerprint density at radius 3 is 2.52 bits per heavy atom. The number of nitrogens with zero attached hydrogens (tertiary/aromatic N) is 3. The standard InChI is InChI=1S/C20H20N4O2S/c21-12-15-1-4-17(5-2-15)22-20(27)24-9-7-23(8-10-24)13-16-3-6-18-19(11-16)26-14-25-18/h1-6,11H,7-10,13-14H2,(H,22,27). The first-order valence-corrected chi connectivity index (χ1v) is 9.29. The van der Waals surface area contributed by atoms with Gasteiger partial charge >= 0.3 is 0 Å². The van der Waals surface area contributed by atoms with Crippen molar-refractivity contribution in [1.82, 2.24) is 9.80 Å². The molecule has 0 bridgehead atoms. The third-order valence-electron chi connectivity index (χ3n) is 4.77. The van der Waals surface area contributed by atoms with Crippen LogP contribution >= 0.6 is 12.2 Å². The average molecular weight is 380 g/mol. The molecule has 0 amide bonds. The van der Waals surface area contributed by atoms with E-state index in [1.54, 1.807) is 12.1 Å². The number of nitriles is 1. The molecule has 2 aliphatic rings. The normalized spacial score (nSPS) is 16.0. The van der Waals surface area contributed by atoms with Gasteiger partial charge in [0.2, 0.25) is 6.79 Å². The number of thiocarbonyl (C=S) groups is 1. The molecule has 2 aromatic carbocycles. The summed E-state index contributed by atoms with van der Waals surface area (Å²) in [5.41, 5.74) is 2.77. The Morgan fingerprint density at radius 1 is 1.04 bits per heavy atom. The number of fused-ring (bicyclic) bond motifs is 1. The molecule has 0 aliphatic carbocycles. The number of piperazine rings is 1. The summed E-state index contributed by atoms with van der Waals surface area (Å²) in [5.74, 6) is 1.65. The minimum absolute atomic E-state index is 0.307. The number of anilines is 1. The van der Waals surface area contributed by atoms with Crippen LogP contribution in [0.15, 0.2) is 42.5 Å². The van der Waals surface area contributed by atoms with Gasteiger partial charge in [-0.1, -0.05) is 6.07 Å². The summed E-state index contributed by atoms with van der Waals surface area (Å²) in [5, 5.41) is 12.8. The van der Waals surface area contributed by atoms with Gasteiger partial charge in [-0.2, -0.15) is 5.26 Å². The monoisotopic (exact) mass is 380 g/mol. The van der Waals surface area contributed by atoms with Gasteiger partial charge in [-0.25, -0.2) is 0 Å². The van der Waals surface area contributed by atoms with Crippen molar-refractivity contribution >= 4 is 23.0 Å². The largest absolute Gasteiger partial charge is 0.454 e. The number of benzene rings is 2. The second kappa shape index (κ2) is 7.82. The highest BCUT2D eigenvalue weighted by Gasteiger charge is 2.20. The fourth-order valence-electron chi connectivity index (χ4n) is 3.24. The van der Waals surface area contributed by atoms with Crippen LogP contribution in [0.25, 0.3) is 0 Å². The van der Waals surface area contributed by atoms with Crippen molar-refractivity contribution in [2.45, 2.75) is 6.54 Å². The lowest BCUT2D eigenvalue weighted by Gasteiger charge is -2.36. The Hall–Kier alpha value is -2.82. The van der Waals surface area contributed by atoms with E-state index in [4.69, 9.17) is 27.0 Å². The molecule has 2 aliphatic heterocycles. The van der Waals surface area contributed by atoms with Gasteiger partial charge in [0.05, 0.1) is 11.6 Å². The van der Waals surface area contributed by atoms with Crippen molar-refractivity contribution in [3.05, 3.63) is 53.6 Å². The maximum absolute atomic E-state index is 8.87. The van der Waals surface area contributed by atoms with Crippen LogP contribution in [0.4, 0.5) is 5.69 Å². The van der Waals surface area contributed by atoms with Crippen molar-refractivity contribution in [2.75, 3.05) is 38.3 Å². The van der Waals surface area contributed by atoms with Crippen LogP contribution in [0.1, 0.15) is 11.1 Å². The maximum Gasteiger partial charge on any atom is 0.231 e. The van der Waals surface area contributed by atoms with Gasteiger partial charge in [0, 0.05) is 38.4 Å². The molecule has 7 heteroatoms. The van der Waals surface area contributed by atoms with Gasteiger partial charge in [-0.05, 0) is 54.2 Å². The Morgan fingerprint density at radius 2 is 1.78 bits per heavy atom. The fourth-order valence-corrected chi connectivity index (χ4v) is 3.54. The van der Waals surface area contributed by atoms with E-state index in [1.807, 2.05) is 18.2 Å². The first kappa shape index (κ1) is 17.6. The van der Waals surface area contributed by atoms with Crippen LogP contribution in [-0.2, 0) is 6.54 Å². The number of hydrogen-bond donors (Lipinski definition) is 1. The molecular formula is C20H20N4O2S. The van der Waals surface area contributed by atoms with Crippen molar-refractivity contribution in [3.63, 3.8) is 0 Å². The fraction of sp³-hybridized carbons (Fsp3) is 0.300. The lowest BCUT2D eigenvalue weighted by Crippen LogP contribution is -2.49. The lowest BCUT2D eigenvalue weighted by molar-refractivity contribution is 0.173. The molecule has 0 atom stereocenters. The first-order valence-electron chi connectivity index (χ1n) is 8.88. The zero-order valence-electron chi connectivity index (χ0n) is 14.9. The highest BCUT2D eigenvalue weighted by molar-refractivity contribution is 7.80. The molecule has 4 rings (SSSR count). The summed E-state index contributed by atoms with van der Waals surface area (Å²) in [7, 11) is 0. The van der Waals surface area contributed by atoms with Crippen LogP contribution in [0, 0.1) is 11.3 Å². The minimum Gasteiger partial charge on any atom is -0.454 e. The molecule has 138 valence electrons. The third-order valence-corrected chi connectivity index (χ3v) is 5.13. The average Bonchev–Trinajstić information content (AvgIpc) is 3.17. The van der Waals surface area contributed by atoms with Gasteiger partial charge in [0.1, 0.15) is 0 Å². The molecule has 0 radical (unpaired) electrons. The molecule has 1 N–H and O–H groups in total. The van der Waals surface area contributed by atoms with E-state index in [0.717, 1.165) is 55.0 Å². The Kier molecular flexibility index (Phi) is 5.10. The van der Waals surface area contributed by atoms with Gasteiger partial charge in [-0.15, -0.1) is 0 Å². The topological polar surface area (TPSA) is 60.8 Å². The second-order valence-corrected chi connectivity index (χ2v) is 6.96. The van der Waals surface area contributed by atoms with E-state index >= 15 is 0 Å². The molecule has 0 saturated carbocycles. The quantitative estimate of drug-likeness (QED) is 0.822. The van der Waals surface area contributed by atoms with E-state index in [9.17, 15) is 0 Å². The van der Waals surface area contributed by atoms with Crippen LogP contribution in [0.3, 0.4) is 0 Å². The first-order chi connectivity index (χ1) is 13.2. The van der Waals surface area contributed by atoms with Crippen molar-refractivity contribution in [2.24, 2.45) is 0 Å². The molecule has 2 heterocycles. The summed E-state index contributed by atoms with van der Waals surface area (Å²) in [6.45, 7) is 4.86. The zero-order chi connectivity index (χ0) is 18.6. The third kappa shape index (κ3) is 4.13. The van der Waals surface area contributed by atoms with Crippen molar-refractivity contribution in [1.29, 1.82) is 5.26 Å². The summed E-state index contributed by atoms with van der Waals surface area (Å²) < 4.78 is 10.8. The van der Waals surface area contributed by atoms with Crippen LogP contribution in [0.2, 0.25) is 0 Å². The smallest absolute Gasteiger partial charge is 0.231 e. The summed E-state index contributed by atoms with van der Waals surface area (Å²) in [6, 6.07) is 15.6. The van der Waals surface area contributed by atoms with Gasteiger partial charge in [-0.3, -0.25) is 4.90 Å². The van der Waals surface area contributed by atoms with Crippen molar-refractivity contribution < 1.29 is 9.47 Å². The van der Waals surface area contributed by atoms with Gasteiger partial charge in [0.25, 0.3) is 0 Å². The Balaban J connectivity index is 1.28. The van der Waals surface area contributed by atoms with Crippen LogP contribution < -0.4 is 14.8 Å².